The van der Waals surface area contributed by atoms with Crippen molar-refractivity contribution in [2.75, 3.05) is 11.9 Å². The molecule has 0 radical (unpaired) electrons. The third kappa shape index (κ3) is 3.72. The van der Waals surface area contributed by atoms with E-state index in [2.05, 4.69) is 41.2 Å². The van der Waals surface area contributed by atoms with Gasteiger partial charge in [0.15, 0.2) is 0 Å². The first kappa shape index (κ1) is 14.0. The van der Waals surface area contributed by atoms with E-state index in [-0.39, 0.29) is 5.54 Å². The van der Waals surface area contributed by atoms with Crippen LogP contribution in [-0.2, 0) is 0 Å². The summed E-state index contributed by atoms with van der Waals surface area (Å²) in [5.41, 5.74) is 7.66. The van der Waals surface area contributed by atoms with Crippen molar-refractivity contribution in [2.45, 2.75) is 32.2 Å². The summed E-state index contributed by atoms with van der Waals surface area (Å²) in [6.07, 6.45) is 1.88. The number of nitrogens with zero attached hydrogens (tertiary/aromatic N) is 1. The van der Waals surface area contributed by atoms with E-state index in [4.69, 9.17) is 11.0 Å². The third-order valence-electron chi connectivity index (χ3n) is 3.14. The summed E-state index contributed by atoms with van der Waals surface area (Å²) in [7, 11) is 0. The summed E-state index contributed by atoms with van der Waals surface area (Å²) in [6, 6.07) is 7.72. The van der Waals surface area contributed by atoms with Gasteiger partial charge in [0.1, 0.15) is 6.07 Å². The Kier molecular flexibility index (Phi) is 4.98. The first-order valence-electron chi connectivity index (χ1n) is 5.77. The van der Waals surface area contributed by atoms with Crippen LogP contribution in [0.1, 0.15) is 32.3 Å². The van der Waals surface area contributed by atoms with Gasteiger partial charge in [-0.05, 0) is 47.0 Å². The lowest BCUT2D eigenvalue weighted by Gasteiger charge is -2.27. The molecule has 0 amide bonds. The lowest BCUT2D eigenvalue weighted by Crippen LogP contribution is -2.45. The highest BCUT2D eigenvalue weighted by atomic mass is 79.9. The number of nitrogens with one attached hydrogen (secondary N) is 1. The largest absolute Gasteiger partial charge is 0.383 e. The maximum atomic E-state index is 8.82. The number of nitrogens with two attached hydrogens (primary N) is 1. The Balaban J connectivity index is 2.71. The second kappa shape index (κ2) is 6.04. The molecule has 0 aliphatic carbocycles. The van der Waals surface area contributed by atoms with Crippen molar-refractivity contribution in [1.82, 2.24) is 0 Å². The topological polar surface area (TPSA) is 61.8 Å². The molecule has 0 fully saturated rings. The summed E-state index contributed by atoms with van der Waals surface area (Å²) >= 11 is 3.37. The molecule has 1 aromatic rings. The van der Waals surface area contributed by atoms with Crippen molar-refractivity contribution in [1.29, 1.82) is 5.26 Å². The molecule has 92 valence electrons. The summed E-state index contributed by atoms with van der Waals surface area (Å²) in [5.74, 6) is 0. The Labute approximate surface area is 111 Å². The fourth-order valence-electron chi connectivity index (χ4n) is 1.49. The van der Waals surface area contributed by atoms with E-state index in [9.17, 15) is 0 Å². The summed E-state index contributed by atoms with van der Waals surface area (Å²) in [6.45, 7) is 4.93. The van der Waals surface area contributed by atoms with Crippen LogP contribution < -0.4 is 11.1 Å². The van der Waals surface area contributed by atoms with E-state index in [1.807, 2.05) is 12.1 Å². The average Bonchev–Trinajstić information content (AvgIpc) is 2.36. The van der Waals surface area contributed by atoms with E-state index in [0.717, 1.165) is 29.5 Å². The fraction of sp³-hybridized carbons (Fsp3) is 0.462. The predicted octanol–water partition coefficient (Wildman–Crippen LogP) is 3.25. The Morgan fingerprint density at radius 1 is 1.41 bits per heavy atom. The van der Waals surface area contributed by atoms with Crippen LogP contribution in [0.4, 0.5) is 5.69 Å². The van der Waals surface area contributed by atoms with Crippen molar-refractivity contribution in [3.63, 3.8) is 0 Å². The maximum Gasteiger partial charge on any atom is 0.100 e. The van der Waals surface area contributed by atoms with E-state index in [1.54, 1.807) is 6.07 Å². The monoisotopic (exact) mass is 295 g/mol. The van der Waals surface area contributed by atoms with Crippen molar-refractivity contribution in [3.8, 4) is 6.07 Å². The molecule has 3 N–H and O–H groups in total. The lowest BCUT2D eigenvalue weighted by atomic mass is 9.94. The van der Waals surface area contributed by atoms with Gasteiger partial charge in [-0.25, -0.2) is 0 Å². The van der Waals surface area contributed by atoms with Gasteiger partial charge >= 0.3 is 0 Å². The molecule has 0 spiro atoms. The number of benzene rings is 1. The highest BCUT2D eigenvalue weighted by Crippen LogP contribution is 2.21. The molecule has 0 saturated heterocycles. The average molecular weight is 296 g/mol. The molecule has 0 unspecified atom stereocenters. The Morgan fingerprint density at radius 3 is 2.53 bits per heavy atom. The molecule has 0 heterocycles. The molecule has 1 aromatic carbocycles. The van der Waals surface area contributed by atoms with Crippen LogP contribution in [0, 0.1) is 11.3 Å². The van der Waals surface area contributed by atoms with Crippen LogP contribution in [-0.4, -0.2) is 12.1 Å². The van der Waals surface area contributed by atoms with Gasteiger partial charge < -0.3 is 11.1 Å². The number of rotatable bonds is 5. The molecule has 0 aromatic heterocycles. The van der Waals surface area contributed by atoms with E-state index in [0.29, 0.717) is 5.56 Å². The zero-order valence-corrected chi connectivity index (χ0v) is 11.8. The third-order valence-corrected chi connectivity index (χ3v) is 3.80. The molecular formula is C13H18BrN3. The van der Waals surface area contributed by atoms with Gasteiger partial charge in [-0.2, -0.15) is 5.26 Å². The fourth-order valence-corrected chi connectivity index (χ4v) is 1.96. The number of anilines is 1. The first-order valence-corrected chi connectivity index (χ1v) is 6.56. The Hall–Kier alpha value is -1.05. The van der Waals surface area contributed by atoms with Gasteiger partial charge in [0.2, 0.25) is 0 Å². The van der Waals surface area contributed by atoms with Gasteiger partial charge in [-0.3, -0.25) is 0 Å². The maximum absolute atomic E-state index is 8.82. The van der Waals surface area contributed by atoms with Crippen LogP contribution in [0.3, 0.4) is 0 Å². The van der Waals surface area contributed by atoms with Crippen LogP contribution in [0.25, 0.3) is 0 Å². The van der Waals surface area contributed by atoms with Gasteiger partial charge in [-0.15, -0.1) is 0 Å². The Bertz CT molecular complexity index is 419. The van der Waals surface area contributed by atoms with Crippen molar-refractivity contribution < 1.29 is 0 Å². The molecule has 3 nitrogen and oxygen atoms in total. The molecule has 0 bridgehead atoms. The minimum Gasteiger partial charge on any atom is -0.383 e. The van der Waals surface area contributed by atoms with Crippen molar-refractivity contribution in [2.24, 2.45) is 5.73 Å². The van der Waals surface area contributed by atoms with E-state index < -0.39 is 0 Å². The summed E-state index contributed by atoms with van der Waals surface area (Å²) in [4.78, 5) is 0. The van der Waals surface area contributed by atoms with Crippen molar-refractivity contribution in [3.05, 3.63) is 28.2 Å². The number of hydrogen-bond donors (Lipinski definition) is 2. The van der Waals surface area contributed by atoms with E-state index in [1.165, 1.54) is 0 Å². The van der Waals surface area contributed by atoms with Gasteiger partial charge in [0.05, 0.1) is 5.56 Å². The first-order chi connectivity index (χ1) is 8.04. The van der Waals surface area contributed by atoms with E-state index >= 15 is 0 Å². The van der Waals surface area contributed by atoms with Crippen LogP contribution in [0.5, 0.6) is 0 Å². The molecule has 0 atom stereocenters. The molecule has 1 rings (SSSR count). The second-order valence-corrected chi connectivity index (χ2v) is 5.08. The Morgan fingerprint density at radius 2 is 2.06 bits per heavy atom. The molecule has 17 heavy (non-hydrogen) atoms. The number of hydrogen-bond acceptors (Lipinski definition) is 3. The van der Waals surface area contributed by atoms with Crippen LogP contribution in [0.2, 0.25) is 0 Å². The number of nitriles is 1. The number of halogens is 1. The standard InChI is InChI=1S/C13H18BrN3/c1-3-13(16,4-2)9-17-11-6-5-10(8-15)12(14)7-11/h5-7,17H,3-4,9,16H2,1-2H3. The summed E-state index contributed by atoms with van der Waals surface area (Å²) in [5, 5.41) is 12.1. The van der Waals surface area contributed by atoms with Crippen LogP contribution >= 0.6 is 15.9 Å². The predicted molar refractivity (Wildman–Crippen MR) is 74.8 cm³/mol. The molecule has 0 aliphatic rings. The zero-order valence-electron chi connectivity index (χ0n) is 10.3. The van der Waals surface area contributed by atoms with Crippen molar-refractivity contribution >= 4 is 21.6 Å². The van der Waals surface area contributed by atoms with Gasteiger partial charge in [0, 0.05) is 22.2 Å². The highest BCUT2D eigenvalue weighted by Gasteiger charge is 2.19. The SMILES string of the molecule is CCC(N)(CC)CNc1ccc(C#N)c(Br)c1. The lowest BCUT2D eigenvalue weighted by molar-refractivity contribution is 0.418. The van der Waals surface area contributed by atoms with Crippen LogP contribution in [0.15, 0.2) is 22.7 Å². The normalized spacial score (nSPS) is 11.0. The molecular weight excluding hydrogens is 278 g/mol. The van der Waals surface area contributed by atoms with Gasteiger partial charge in [-0.1, -0.05) is 13.8 Å². The zero-order chi connectivity index (χ0) is 12.9. The smallest absolute Gasteiger partial charge is 0.100 e. The van der Waals surface area contributed by atoms with Gasteiger partial charge in [0.25, 0.3) is 0 Å². The molecule has 0 aliphatic heterocycles. The minimum absolute atomic E-state index is 0.166. The quantitative estimate of drug-likeness (QED) is 0.876. The highest BCUT2D eigenvalue weighted by molar-refractivity contribution is 9.10. The summed E-state index contributed by atoms with van der Waals surface area (Å²) < 4.78 is 0.806. The second-order valence-electron chi connectivity index (χ2n) is 4.23. The molecule has 0 saturated carbocycles. The minimum atomic E-state index is -0.166. The molecule has 4 heteroatoms.